The summed E-state index contributed by atoms with van der Waals surface area (Å²) < 4.78 is 11.7. The van der Waals surface area contributed by atoms with Gasteiger partial charge in [0.15, 0.2) is 5.58 Å². The Kier molecular flexibility index (Phi) is 4.05. The van der Waals surface area contributed by atoms with E-state index in [4.69, 9.17) is 21.6 Å². The number of imidazole rings is 1. The Morgan fingerprint density at radius 2 is 1.23 bits per heavy atom. The van der Waals surface area contributed by atoms with Crippen molar-refractivity contribution in [1.82, 2.24) is 14.0 Å². The highest BCUT2D eigenvalue weighted by Gasteiger charge is 2.22. The average molecular weight is 518 g/mol. The zero-order valence-electron chi connectivity index (χ0n) is 20.6. The van der Waals surface area contributed by atoms with Gasteiger partial charge >= 0.3 is 0 Å². The van der Waals surface area contributed by atoms with Crippen molar-refractivity contribution in [3.8, 4) is 5.69 Å². The maximum Gasteiger partial charge on any atom is 0.159 e. The molecule has 0 aliphatic rings. The van der Waals surface area contributed by atoms with Crippen molar-refractivity contribution in [3.63, 3.8) is 0 Å². The summed E-state index contributed by atoms with van der Waals surface area (Å²) in [6.45, 7) is 0. The van der Waals surface area contributed by atoms with Gasteiger partial charge in [-0.15, -0.1) is 0 Å². The highest BCUT2D eigenvalue weighted by molar-refractivity contribution is 7.71. The Labute approximate surface area is 226 Å². The Morgan fingerprint density at radius 1 is 0.590 bits per heavy atom. The molecule has 5 aromatic carbocycles. The smallest absolute Gasteiger partial charge is 0.159 e. The van der Waals surface area contributed by atoms with Crippen molar-refractivity contribution >= 4 is 83.4 Å². The fourth-order valence-electron chi connectivity index (χ4n) is 6.26. The van der Waals surface area contributed by atoms with Gasteiger partial charge in [0.2, 0.25) is 0 Å². The van der Waals surface area contributed by atoms with Crippen LogP contribution >= 0.6 is 12.2 Å². The highest BCUT2D eigenvalue weighted by atomic mass is 32.1. The fraction of sp³-hybridized carbons (Fsp3) is 0. The lowest BCUT2D eigenvalue weighted by molar-refractivity contribution is 0.665. The van der Waals surface area contributed by atoms with Crippen LogP contribution in [0.25, 0.3) is 76.9 Å². The molecule has 182 valence electrons. The summed E-state index contributed by atoms with van der Waals surface area (Å²) in [6.07, 6.45) is 0. The van der Waals surface area contributed by atoms with Crippen molar-refractivity contribution < 1.29 is 4.42 Å². The average Bonchev–Trinajstić information content (AvgIpc) is 3.57. The van der Waals surface area contributed by atoms with Crippen LogP contribution in [-0.4, -0.2) is 14.0 Å². The molecule has 4 aromatic heterocycles. The zero-order chi connectivity index (χ0) is 25.7. The molecule has 4 heterocycles. The number of fused-ring (bicyclic) bond motifs is 13. The number of pyridine rings is 2. The van der Waals surface area contributed by atoms with Crippen LogP contribution in [0.4, 0.5) is 0 Å². The van der Waals surface area contributed by atoms with Gasteiger partial charge in [-0.25, -0.2) is 4.98 Å². The van der Waals surface area contributed by atoms with Gasteiger partial charge in [0.05, 0.1) is 16.7 Å². The van der Waals surface area contributed by atoms with Crippen LogP contribution in [0.2, 0.25) is 0 Å². The first-order chi connectivity index (χ1) is 19.3. The minimum Gasteiger partial charge on any atom is -0.454 e. The summed E-state index contributed by atoms with van der Waals surface area (Å²) >= 11 is 6.32. The molecule has 0 unspecified atom stereocenters. The second-order valence-electron chi connectivity index (χ2n) is 9.94. The number of nitrogens with zero attached hydrogens (tertiary/aromatic N) is 3. The Morgan fingerprint density at radius 3 is 2.08 bits per heavy atom. The molecule has 5 heteroatoms. The third-order valence-corrected chi connectivity index (χ3v) is 8.30. The van der Waals surface area contributed by atoms with Crippen molar-refractivity contribution in [3.05, 3.63) is 120 Å². The number of benzene rings is 5. The summed E-state index contributed by atoms with van der Waals surface area (Å²) in [6, 6.07) is 39.8. The summed E-state index contributed by atoms with van der Waals surface area (Å²) in [5.41, 5.74) is 6.47. The first-order valence-corrected chi connectivity index (χ1v) is 13.4. The van der Waals surface area contributed by atoms with Gasteiger partial charge in [-0.3, -0.25) is 8.97 Å². The minimum absolute atomic E-state index is 0.736. The molecule has 39 heavy (non-hydrogen) atoms. The van der Waals surface area contributed by atoms with Crippen molar-refractivity contribution in [2.24, 2.45) is 0 Å². The molecule has 0 spiro atoms. The summed E-state index contributed by atoms with van der Waals surface area (Å²) in [5, 5.41) is 7.71. The molecule has 0 saturated carbocycles. The lowest BCUT2D eigenvalue weighted by Crippen LogP contribution is -2.06. The van der Waals surface area contributed by atoms with Crippen LogP contribution < -0.4 is 0 Å². The van der Waals surface area contributed by atoms with Crippen LogP contribution in [-0.2, 0) is 0 Å². The van der Waals surface area contributed by atoms with Gasteiger partial charge in [0, 0.05) is 26.9 Å². The number of aromatic nitrogens is 3. The Bertz CT molecular complexity index is 2530. The third-order valence-electron chi connectivity index (χ3n) is 7.90. The first-order valence-electron chi connectivity index (χ1n) is 13.0. The van der Waals surface area contributed by atoms with E-state index in [9.17, 15) is 0 Å². The van der Waals surface area contributed by atoms with Gasteiger partial charge in [0.1, 0.15) is 21.5 Å². The molecule has 0 atom stereocenters. The van der Waals surface area contributed by atoms with Gasteiger partial charge in [0.25, 0.3) is 0 Å². The van der Waals surface area contributed by atoms with E-state index >= 15 is 0 Å². The monoisotopic (exact) mass is 517 g/mol. The van der Waals surface area contributed by atoms with Crippen LogP contribution in [0, 0.1) is 4.64 Å². The molecule has 4 nitrogen and oxygen atoms in total. The number of para-hydroxylation sites is 4. The summed E-state index contributed by atoms with van der Waals surface area (Å²) in [7, 11) is 0. The molecule has 0 N–H and O–H groups in total. The third kappa shape index (κ3) is 2.67. The molecular weight excluding hydrogens is 498 g/mol. The maximum atomic E-state index is 6.53. The minimum atomic E-state index is 0.736. The molecule has 0 aliphatic heterocycles. The van der Waals surface area contributed by atoms with Gasteiger partial charge < -0.3 is 4.42 Å². The van der Waals surface area contributed by atoms with Crippen LogP contribution in [0.5, 0.6) is 0 Å². The molecule has 9 rings (SSSR count). The quantitative estimate of drug-likeness (QED) is 0.161. The summed E-state index contributed by atoms with van der Waals surface area (Å²) in [4.78, 5) is 5.13. The van der Waals surface area contributed by atoms with E-state index in [0.29, 0.717) is 0 Å². The summed E-state index contributed by atoms with van der Waals surface area (Å²) in [5.74, 6) is 0. The van der Waals surface area contributed by atoms with Crippen LogP contribution in [0.3, 0.4) is 0 Å². The van der Waals surface area contributed by atoms with Gasteiger partial charge in [-0.1, -0.05) is 103 Å². The highest BCUT2D eigenvalue weighted by Crippen LogP contribution is 2.40. The Hall–Kier alpha value is -5.00. The Balaban J connectivity index is 1.65. The van der Waals surface area contributed by atoms with Crippen molar-refractivity contribution in [1.29, 1.82) is 0 Å². The maximum absolute atomic E-state index is 6.53. The van der Waals surface area contributed by atoms with Crippen molar-refractivity contribution in [2.75, 3.05) is 0 Å². The SMILES string of the molecule is S=c1c2ccccc2c2c3ccccc3c3nc4ccccc4n3c2n1-c1cccc2c1oc1ccccc12. The number of hydrogen-bond acceptors (Lipinski definition) is 3. The number of rotatable bonds is 1. The molecule has 9 aromatic rings. The molecule has 0 aliphatic carbocycles. The topological polar surface area (TPSA) is 35.4 Å². The van der Waals surface area contributed by atoms with Crippen LogP contribution in [0.1, 0.15) is 0 Å². The molecule has 0 fully saturated rings. The second-order valence-corrected chi connectivity index (χ2v) is 10.3. The largest absolute Gasteiger partial charge is 0.454 e. The molecule has 0 bridgehead atoms. The fourth-order valence-corrected chi connectivity index (χ4v) is 6.63. The van der Waals surface area contributed by atoms with Gasteiger partial charge in [-0.2, -0.15) is 0 Å². The normalized spacial score (nSPS) is 12.2. The second kappa shape index (κ2) is 7.53. The zero-order valence-corrected chi connectivity index (χ0v) is 21.4. The predicted molar refractivity (Wildman–Crippen MR) is 163 cm³/mol. The van der Waals surface area contributed by atoms with E-state index in [1.54, 1.807) is 0 Å². The first kappa shape index (κ1) is 21.0. The molecule has 0 saturated heterocycles. The van der Waals surface area contributed by atoms with Crippen molar-refractivity contribution in [2.45, 2.75) is 0 Å². The lowest BCUT2D eigenvalue weighted by Gasteiger charge is -2.19. The van der Waals surface area contributed by atoms with E-state index in [-0.39, 0.29) is 0 Å². The van der Waals surface area contributed by atoms with Gasteiger partial charge in [-0.05, 0) is 35.0 Å². The van der Waals surface area contributed by atoms with E-state index in [2.05, 4.69) is 100.0 Å². The lowest BCUT2D eigenvalue weighted by atomic mass is 10.0. The van der Waals surface area contributed by atoms with Crippen LogP contribution in [0.15, 0.2) is 120 Å². The van der Waals surface area contributed by atoms with E-state index in [0.717, 1.165) is 81.5 Å². The molecule has 0 amide bonds. The predicted octanol–water partition coefficient (Wildman–Crippen LogP) is 9.37. The number of furan rings is 1. The molecule has 0 radical (unpaired) electrons. The molecular formula is C34H19N3OS. The standard InChI is InChI=1S/C34H19N3OS/c39-34-25-14-4-2-12-22(25)30-21-11-1-3-13-24(21)32-35-26-16-6-7-17-27(26)36(32)33(30)37(34)28-18-9-15-23-20-10-5-8-19-29(20)38-31(23)28/h1-19H. The van der Waals surface area contributed by atoms with E-state index in [1.807, 2.05) is 24.3 Å². The number of hydrogen-bond donors (Lipinski definition) is 0. The van der Waals surface area contributed by atoms with E-state index in [1.165, 1.54) is 0 Å². The van der Waals surface area contributed by atoms with E-state index < -0.39 is 0 Å².